The van der Waals surface area contributed by atoms with Gasteiger partial charge in [0.15, 0.2) is 0 Å². The lowest BCUT2D eigenvalue weighted by Gasteiger charge is -2.35. The SMILES string of the molecule is CCCC[C@@H](c1cc(O)ccc1[N+](=O)[O-])N1CCNCC1.Cl.Cl. The summed E-state index contributed by atoms with van der Waals surface area (Å²) in [7, 11) is 0. The normalized spacial score (nSPS) is 16.0. The molecule has 1 atom stereocenters. The minimum Gasteiger partial charge on any atom is -0.508 e. The molecule has 1 fully saturated rings. The fraction of sp³-hybridized carbons (Fsp3) is 0.600. The lowest BCUT2D eigenvalue weighted by molar-refractivity contribution is -0.386. The smallest absolute Gasteiger partial charge is 0.274 e. The number of benzene rings is 1. The van der Waals surface area contributed by atoms with Gasteiger partial charge in [-0.25, -0.2) is 0 Å². The number of rotatable bonds is 6. The van der Waals surface area contributed by atoms with E-state index in [1.54, 1.807) is 6.07 Å². The Bertz CT molecular complexity index is 497. The van der Waals surface area contributed by atoms with Crippen molar-refractivity contribution in [1.82, 2.24) is 10.2 Å². The number of nitrogens with zero attached hydrogens (tertiary/aromatic N) is 2. The number of phenolic OH excluding ortho intramolecular Hbond substituents is 1. The van der Waals surface area contributed by atoms with Crippen LogP contribution in [0.1, 0.15) is 37.8 Å². The van der Waals surface area contributed by atoms with E-state index < -0.39 is 0 Å². The summed E-state index contributed by atoms with van der Waals surface area (Å²) in [5.74, 6) is 0.0900. The summed E-state index contributed by atoms with van der Waals surface area (Å²) in [6, 6.07) is 4.35. The van der Waals surface area contributed by atoms with Gasteiger partial charge in [-0.05, 0) is 18.6 Å². The van der Waals surface area contributed by atoms with Crippen molar-refractivity contribution in [2.24, 2.45) is 0 Å². The van der Waals surface area contributed by atoms with E-state index in [1.807, 2.05) is 0 Å². The van der Waals surface area contributed by atoms with Gasteiger partial charge < -0.3 is 10.4 Å². The van der Waals surface area contributed by atoms with Crippen LogP contribution in [0.15, 0.2) is 18.2 Å². The van der Waals surface area contributed by atoms with Crippen LogP contribution in [0.5, 0.6) is 5.75 Å². The van der Waals surface area contributed by atoms with E-state index in [2.05, 4.69) is 17.1 Å². The Morgan fingerprint density at radius 1 is 1.35 bits per heavy atom. The lowest BCUT2D eigenvalue weighted by Crippen LogP contribution is -2.45. The summed E-state index contributed by atoms with van der Waals surface area (Å²) in [5.41, 5.74) is 0.739. The molecule has 0 aliphatic carbocycles. The Hall–Kier alpha value is -1.08. The van der Waals surface area contributed by atoms with E-state index in [4.69, 9.17) is 0 Å². The third-order valence-corrected chi connectivity index (χ3v) is 3.99. The second-order valence-electron chi connectivity index (χ2n) is 5.44. The van der Waals surface area contributed by atoms with Crippen LogP contribution >= 0.6 is 24.8 Å². The van der Waals surface area contributed by atoms with Crippen LogP contribution in [0, 0.1) is 10.1 Å². The van der Waals surface area contributed by atoms with Crippen molar-refractivity contribution in [3.63, 3.8) is 0 Å². The van der Waals surface area contributed by atoms with Gasteiger partial charge in [-0.3, -0.25) is 15.0 Å². The molecule has 0 amide bonds. The Labute approximate surface area is 149 Å². The van der Waals surface area contributed by atoms with Crippen molar-refractivity contribution in [2.75, 3.05) is 26.2 Å². The fourth-order valence-corrected chi connectivity index (χ4v) is 2.90. The molecule has 0 spiro atoms. The maximum absolute atomic E-state index is 11.3. The zero-order valence-electron chi connectivity index (χ0n) is 13.2. The Balaban J connectivity index is 0.00000242. The zero-order chi connectivity index (χ0) is 15.2. The minimum atomic E-state index is -0.351. The van der Waals surface area contributed by atoms with Crippen LogP contribution < -0.4 is 5.32 Å². The van der Waals surface area contributed by atoms with E-state index in [1.165, 1.54) is 12.1 Å². The predicted octanol–water partition coefficient (Wildman–Crippen LogP) is 3.28. The first kappa shape index (κ1) is 21.9. The number of piperazine rings is 1. The van der Waals surface area contributed by atoms with Gasteiger partial charge in [0.05, 0.1) is 10.5 Å². The molecule has 2 rings (SSSR count). The average Bonchev–Trinajstić information content (AvgIpc) is 2.48. The molecule has 1 aliphatic rings. The monoisotopic (exact) mass is 365 g/mol. The van der Waals surface area contributed by atoms with Gasteiger partial charge in [-0.2, -0.15) is 0 Å². The lowest BCUT2D eigenvalue weighted by atomic mass is 9.97. The number of hydrogen-bond donors (Lipinski definition) is 2. The number of phenols is 1. The molecule has 1 aromatic carbocycles. The number of nitrogens with one attached hydrogen (secondary N) is 1. The topological polar surface area (TPSA) is 78.6 Å². The van der Waals surface area contributed by atoms with Crippen molar-refractivity contribution in [2.45, 2.75) is 32.2 Å². The molecule has 0 bridgehead atoms. The first-order chi connectivity index (χ1) is 10.1. The Kier molecular flexibility index (Phi) is 10.1. The van der Waals surface area contributed by atoms with E-state index >= 15 is 0 Å². The van der Waals surface area contributed by atoms with E-state index in [-0.39, 0.29) is 47.2 Å². The number of halogens is 2. The van der Waals surface area contributed by atoms with Crippen LogP contribution in [0.4, 0.5) is 5.69 Å². The van der Waals surface area contributed by atoms with Crippen LogP contribution in [0.3, 0.4) is 0 Å². The second kappa shape index (κ2) is 10.6. The highest BCUT2D eigenvalue weighted by Crippen LogP contribution is 2.35. The van der Waals surface area contributed by atoms with Gasteiger partial charge >= 0.3 is 0 Å². The Morgan fingerprint density at radius 2 is 2.00 bits per heavy atom. The standard InChI is InChI=1S/C15H23N3O3.2ClH/c1-2-3-4-14(17-9-7-16-8-10-17)13-11-12(19)5-6-15(13)18(20)21;;/h5-6,11,14,16,19H,2-4,7-10H2,1H3;2*1H/t14-;;/m0../s1. The zero-order valence-corrected chi connectivity index (χ0v) is 14.9. The summed E-state index contributed by atoms with van der Waals surface area (Å²) in [5, 5.41) is 24.3. The molecule has 0 saturated carbocycles. The number of aromatic hydroxyl groups is 1. The summed E-state index contributed by atoms with van der Waals surface area (Å²) in [6.07, 6.45) is 2.94. The molecule has 1 aliphatic heterocycles. The highest BCUT2D eigenvalue weighted by Gasteiger charge is 2.28. The first-order valence-electron chi connectivity index (χ1n) is 7.55. The quantitative estimate of drug-likeness (QED) is 0.597. The van der Waals surface area contributed by atoms with Crippen LogP contribution in [0.2, 0.25) is 0 Å². The van der Waals surface area contributed by atoms with Crippen molar-refractivity contribution in [3.05, 3.63) is 33.9 Å². The molecule has 1 heterocycles. The number of nitro groups is 1. The van der Waals surface area contributed by atoms with E-state index in [9.17, 15) is 15.2 Å². The maximum Gasteiger partial charge on any atom is 0.274 e. The fourth-order valence-electron chi connectivity index (χ4n) is 2.90. The minimum absolute atomic E-state index is 0. The van der Waals surface area contributed by atoms with Gasteiger partial charge in [0.2, 0.25) is 0 Å². The number of hydrogen-bond acceptors (Lipinski definition) is 5. The summed E-state index contributed by atoms with van der Waals surface area (Å²) >= 11 is 0. The van der Waals surface area contributed by atoms with Crippen molar-refractivity contribution >= 4 is 30.5 Å². The van der Waals surface area contributed by atoms with Crippen molar-refractivity contribution in [1.29, 1.82) is 0 Å². The van der Waals surface area contributed by atoms with Gasteiger partial charge in [-0.15, -0.1) is 24.8 Å². The summed E-state index contributed by atoms with van der Waals surface area (Å²) < 4.78 is 0. The van der Waals surface area contributed by atoms with Crippen LogP contribution in [0.25, 0.3) is 0 Å². The highest BCUT2D eigenvalue weighted by atomic mass is 35.5. The molecule has 6 nitrogen and oxygen atoms in total. The van der Waals surface area contributed by atoms with Crippen LogP contribution in [-0.4, -0.2) is 41.1 Å². The highest BCUT2D eigenvalue weighted by molar-refractivity contribution is 5.85. The summed E-state index contributed by atoms with van der Waals surface area (Å²) in [6.45, 7) is 5.67. The maximum atomic E-state index is 11.3. The van der Waals surface area contributed by atoms with E-state index in [0.29, 0.717) is 5.56 Å². The number of unbranched alkanes of at least 4 members (excludes halogenated alkanes) is 1. The third-order valence-electron chi connectivity index (χ3n) is 3.99. The second-order valence-corrected chi connectivity index (χ2v) is 5.44. The third kappa shape index (κ3) is 5.80. The molecule has 0 unspecified atom stereocenters. The molecule has 1 saturated heterocycles. The molecule has 0 aromatic heterocycles. The number of nitro benzene ring substituents is 1. The largest absolute Gasteiger partial charge is 0.508 e. The molecule has 23 heavy (non-hydrogen) atoms. The molecule has 8 heteroatoms. The molecule has 132 valence electrons. The molecular formula is C15H25Cl2N3O3. The van der Waals surface area contributed by atoms with Crippen molar-refractivity contribution in [3.8, 4) is 5.75 Å². The van der Waals surface area contributed by atoms with Crippen LogP contribution in [-0.2, 0) is 0 Å². The van der Waals surface area contributed by atoms with Crippen molar-refractivity contribution < 1.29 is 10.0 Å². The molecule has 2 N–H and O–H groups in total. The summed E-state index contributed by atoms with van der Waals surface area (Å²) in [4.78, 5) is 13.2. The predicted molar refractivity (Wildman–Crippen MR) is 96.0 cm³/mol. The van der Waals surface area contributed by atoms with Gasteiger partial charge in [0, 0.05) is 38.3 Å². The average molecular weight is 366 g/mol. The first-order valence-corrected chi connectivity index (χ1v) is 7.55. The Morgan fingerprint density at radius 3 is 2.57 bits per heavy atom. The van der Waals surface area contributed by atoms with Gasteiger partial charge in [0.25, 0.3) is 5.69 Å². The van der Waals surface area contributed by atoms with Gasteiger partial charge in [0.1, 0.15) is 5.75 Å². The molecule has 1 aromatic rings. The van der Waals surface area contributed by atoms with Gasteiger partial charge in [-0.1, -0.05) is 19.8 Å². The molecule has 0 radical (unpaired) electrons. The van der Waals surface area contributed by atoms with E-state index in [0.717, 1.165) is 45.4 Å². The molecular weight excluding hydrogens is 341 g/mol.